The van der Waals surface area contributed by atoms with Crippen LogP contribution in [0.1, 0.15) is 36.3 Å². The number of carbonyl (C=O) groups is 3. The second kappa shape index (κ2) is 14.1. The number of aliphatic hydroxyl groups is 1. The van der Waals surface area contributed by atoms with Gasteiger partial charge in [-0.05, 0) is 63.8 Å². The molecule has 1 aromatic heterocycles. The fourth-order valence-electron chi connectivity index (χ4n) is 3.24. The number of rotatable bonds is 13. The molecule has 194 valence electrons. The maximum Gasteiger partial charge on any atom is 0.336 e. The highest BCUT2D eigenvalue weighted by atomic mass is 16.4. The van der Waals surface area contributed by atoms with Crippen LogP contribution in [0.2, 0.25) is 0 Å². The predicted molar refractivity (Wildman–Crippen MR) is 126 cm³/mol. The molecule has 0 bridgehead atoms. The first-order valence-electron chi connectivity index (χ1n) is 10.9. The Kier molecular flexibility index (Phi) is 11.9. The first-order valence-corrected chi connectivity index (χ1v) is 10.9. The van der Waals surface area contributed by atoms with Crippen LogP contribution >= 0.6 is 0 Å². The number of phenols is 1. The first kappa shape index (κ1) is 29.6. The summed E-state index contributed by atoms with van der Waals surface area (Å²) in [4.78, 5) is 35.0. The van der Waals surface area contributed by atoms with Crippen molar-refractivity contribution in [2.45, 2.75) is 44.9 Å². The quantitative estimate of drug-likeness (QED) is 0.276. The largest absolute Gasteiger partial charge is 0.508 e. The Labute approximate surface area is 203 Å². The third-order valence-electron chi connectivity index (χ3n) is 4.86. The molecule has 0 saturated carbocycles. The van der Waals surface area contributed by atoms with Gasteiger partial charge in [0.15, 0.2) is 5.60 Å². The van der Waals surface area contributed by atoms with Gasteiger partial charge in [0.1, 0.15) is 17.3 Å². The van der Waals surface area contributed by atoms with Crippen molar-refractivity contribution < 1.29 is 44.3 Å². The molecule has 0 saturated heterocycles. The minimum Gasteiger partial charge on any atom is -0.508 e. The number of phenolic OH excluding ortho intramolecular Hbond substituents is 1. The summed E-state index contributed by atoms with van der Waals surface area (Å²) in [6.45, 7) is 5.62. The topological polar surface area (TPSA) is 172 Å². The third kappa shape index (κ3) is 12.0. The Morgan fingerprint density at radius 3 is 2.03 bits per heavy atom. The summed E-state index contributed by atoms with van der Waals surface area (Å²) in [6, 6.07) is 11.5. The Hall–Kier alpha value is -3.41. The second-order valence-corrected chi connectivity index (χ2v) is 8.53. The van der Waals surface area contributed by atoms with E-state index in [1.807, 2.05) is 37.3 Å². The molecule has 2 aromatic rings. The summed E-state index contributed by atoms with van der Waals surface area (Å²) < 4.78 is 5.70. The number of aliphatic carboxylic acids is 3. The Bertz CT molecular complexity index is 955. The molecular formula is C24H34N2O9. The fraction of sp³-hybridized carbons (Fsp3) is 0.458. The molecule has 5 N–H and O–H groups in total. The second-order valence-electron chi connectivity index (χ2n) is 8.53. The Morgan fingerprint density at radius 1 is 0.943 bits per heavy atom. The minimum atomic E-state index is -2.74. The van der Waals surface area contributed by atoms with E-state index < -0.39 is 36.4 Å². The normalized spacial score (nSPS) is 11.3. The smallest absolute Gasteiger partial charge is 0.336 e. The third-order valence-corrected chi connectivity index (χ3v) is 4.86. The van der Waals surface area contributed by atoms with Gasteiger partial charge in [0.05, 0.1) is 19.4 Å². The van der Waals surface area contributed by atoms with Gasteiger partial charge in [-0.15, -0.1) is 0 Å². The zero-order chi connectivity index (χ0) is 26.6. The van der Waals surface area contributed by atoms with Gasteiger partial charge in [-0.2, -0.15) is 0 Å². The van der Waals surface area contributed by atoms with E-state index in [0.717, 1.165) is 49.7 Å². The van der Waals surface area contributed by atoms with Gasteiger partial charge in [0, 0.05) is 13.1 Å². The van der Waals surface area contributed by atoms with Gasteiger partial charge < -0.3 is 34.8 Å². The molecule has 0 amide bonds. The number of benzene rings is 1. The molecule has 2 rings (SSSR count). The highest BCUT2D eigenvalue weighted by molar-refractivity contribution is 5.88. The van der Waals surface area contributed by atoms with Gasteiger partial charge in [-0.25, -0.2) is 4.79 Å². The molecule has 0 aliphatic heterocycles. The summed E-state index contributed by atoms with van der Waals surface area (Å²) >= 11 is 0. The summed E-state index contributed by atoms with van der Waals surface area (Å²) in [6.07, 6.45) is -1.19. The molecule has 0 unspecified atom stereocenters. The minimum absolute atomic E-state index is 0.319. The van der Waals surface area contributed by atoms with E-state index in [1.54, 1.807) is 6.07 Å². The van der Waals surface area contributed by atoms with Gasteiger partial charge in [0.25, 0.3) is 0 Å². The van der Waals surface area contributed by atoms with Crippen LogP contribution in [-0.2, 0) is 27.5 Å². The van der Waals surface area contributed by atoms with Crippen LogP contribution in [0.15, 0.2) is 40.8 Å². The van der Waals surface area contributed by atoms with Gasteiger partial charge in [-0.1, -0.05) is 12.1 Å². The molecule has 0 spiro atoms. The van der Waals surface area contributed by atoms with Gasteiger partial charge in [-0.3, -0.25) is 14.5 Å². The summed E-state index contributed by atoms with van der Waals surface area (Å²) in [7, 11) is 4.19. The highest BCUT2D eigenvalue weighted by Gasteiger charge is 2.40. The monoisotopic (exact) mass is 494 g/mol. The van der Waals surface area contributed by atoms with E-state index in [1.165, 1.54) is 0 Å². The lowest BCUT2D eigenvalue weighted by molar-refractivity contribution is -0.170. The number of aromatic hydroxyl groups is 1. The summed E-state index contributed by atoms with van der Waals surface area (Å²) in [5.41, 5.74) is -1.62. The van der Waals surface area contributed by atoms with Gasteiger partial charge >= 0.3 is 17.9 Å². The molecule has 0 radical (unpaired) electrons. The fourth-order valence-corrected chi connectivity index (χ4v) is 3.24. The maximum atomic E-state index is 10.3. The van der Waals surface area contributed by atoms with Crippen LogP contribution in [0, 0.1) is 6.92 Å². The molecule has 11 heteroatoms. The molecular weight excluding hydrogens is 460 g/mol. The average molecular weight is 495 g/mol. The average Bonchev–Trinajstić information content (AvgIpc) is 3.11. The van der Waals surface area contributed by atoms with E-state index in [-0.39, 0.29) is 0 Å². The van der Waals surface area contributed by atoms with Crippen LogP contribution < -0.4 is 0 Å². The van der Waals surface area contributed by atoms with Crippen LogP contribution in [0.4, 0.5) is 0 Å². The summed E-state index contributed by atoms with van der Waals surface area (Å²) in [5.74, 6) is -2.77. The number of aryl methyl sites for hydroxylation is 1. The Balaban J connectivity index is 0.000000405. The van der Waals surface area contributed by atoms with Crippen molar-refractivity contribution in [3.05, 3.63) is 53.5 Å². The lowest BCUT2D eigenvalue weighted by Gasteiger charge is -2.22. The van der Waals surface area contributed by atoms with Crippen LogP contribution in [0.5, 0.6) is 5.75 Å². The molecule has 0 fully saturated rings. The number of nitrogens with zero attached hydrogens (tertiary/aromatic N) is 2. The number of carboxylic acids is 3. The van der Waals surface area contributed by atoms with E-state index >= 15 is 0 Å². The van der Waals surface area contributed by atoms with Crippen molar-refractivity contribution in [3.63, 3.8) is 0 Å². The Morgan fingerprint density at radius 2 is 1.57 bits per heavy atom. The summed E-state index contributed by atoms with van der Waals surface area (Å²) in [5, 5.41) is 43.4. The lowest BCUT2D eigenvalue weighted by Crippen LogP contribution is -2.42. The zero-order valence-corrected chi connectivity index (χ0v) is 20.2. The van der Waals surface area contributed by atoms with Gasteiger partial charge in [0.2, 0.25) is 0 Å². The van der Waals surface area contributed by atoms with Crippen molar-refractivity contribution in [3.8, 4) is 5.75 Å². The SMILES string of the molecule is Cc1ccc(CN(CCCN(C)C)Cc2cccc(O)c2)o1.O=C(O)CC(O)(CC(=O)O)C(=O)O. The van der Waals surface area contributed by atoms with Crippen molar-refractivity contribution in [2.24, 2.45) is 0 Å². The van der Waals surface area contributed by atoms with Crippen molar-refractivity contribution in [1.29, 1.82) is 0 Å². The van der Waals surface area contributed by atoms with Crippen LogP contribution in [0.3, 0.4) is 0 Å². The van der Waals surface area contributed by atoms with Crippen LogP contribution in [-0.4, -0.2) is 86.0 Å². The van der Waals surface area contributed by atoms with Crippen molar-refractivity contribution >= 4 is 17.9 Å². The highest BCUT2D eigenvalue weighted by Crippen LogP contribution is 2.17. The number of furan rings is 1. The molecule has 1 heterocycles. The van der Waals surface area contributed by atoms with Crippen LogP contribution in [0.25, 0.3) is 0 Å². The molecule has 11 nitrogen and oxygen atoms in total. The van der Waals surface area contributed by atoms with Crippen molar-refractivity contribution in [1.82, 2.24) is 9.80 Å². The number of carboxylic acid groups (broad SMARTS) is 3. The lowest BCUT2D eigenvalue weighted by atomic mass is 9.96. The zero-order valence-electron chi connectivity index (χ0n) is 20.2. The van der Waals surface area contributed by atoms with E-state index in [0.29, 0.717) is 5.75 Å². The molecule has 1 aromatic carbocycles. The predicted octanol–water partition coefficient (Wildman–Crippen LogP) is 2.00. The van der Waals surface area contributed by atoms with E-state index in [9.17, 15) is 19.5 Å². The molecule has 0 aliphatic carbocycles. The van der Waals surface area contributed by atoms with E-state index in [2.05, 4.69) is 23.9 Å². The van der Waals surface area contributed by atoms with E-state index in [4.69, 9.17) is 24.8 Å². The first-order chi connectivity index (χ1) is 16.3. The maximum absolute atomic E-state index is 10.3. The van der Waals surface area contributed by atoms with Crippen molar-refractivity contribution in [2.75, 3.05) is 27.2 Å². The number of hydrogen-bond donors (Lipinski definition) is 5. The molecule has 0 atom stereocenters. The molecule has 35 heavy (non-hydrogen) atoms. The molecule has 0 aliphatic rings. The number of hydrogen-bond acceptors (Lipinski definition) is 8. The standard InChI is InChI=1S/C18H26N2O2.C6H8O7/c1-15-8-9-18(22-15)14-20(11-5-10-19(2)3)13-16-6-4-7-17(21)12-16;7-3(8)1-6(13,5(11)12)2-4(9)10/h4,6-9,12,21H,5,10-11,13-14H2,1-3H3;13H,1-2H2,(H,7,8)(H,9,10)(H,11,12).